The number of nitrogens with zero attached hydrogens (tertiary/aromatic N) is 2. The summed E-state index contributed by atoms with van der Waals surface area (Å²) in [5.74, 6) is 2.06. The Morgan fingerprint density at radius 1 is 1.38 bits per heavy atom. The van der Waals surface area contributed by atoms with Crippen LogP contribution in [0.25, 0.3) is 0 Å². The van der Waals surface area contributed by atoms with Crippen molar-refractivity contribution in [3.8, 4) is 0 Å². The van der Waals surface area contributed by atoms with Gasteiger partial charge in [-0.25, -0.2) is 4.98 Å². The van der Waals surface area contributed by atoms with Crippen LogP contribution in [0, 0.1) is 6.92 Å². The molecule has 0 radical (unpaired) electrons. The Bertz CT molecular complexity index is 528. The lowest BCUT2D eigenvalue weighted by Gasteiger charge is -2.26. The molecule has 0 fully saturated rings. The molecule has 0 spiro atoms. The molecule has 0 amide bonds. The fraction of sp³-hybridized carbons (Fsp3) is 0.588. The van der Waals surface area contributed by atoms with Crippen molar-refractivity contribution < 1.29 is 4.42 Å². The van der Waals surface area contributed by atoms with E-state index in [1.165, 1.54) is 0 Å². The number of hydrogen-bond acceptors (Lipinski definition) is 3. The number of aryl methyl sites for hydroxylation is 2. The second-order valence-corrected chi connectivity index (χ2v) is 6.51. The monoisotopic (exact) mass is 289 g/mol. The van der Waals surface area contributed by atoms with Gasteiger partial charge in [0.1, 0.15) is 11.5 Å². The molecule has 1 atom stereocenters. The number of rotatable bonds is 8. The third-order valence-electron chi connectivity index (χ3n) is 3.87. The maximum atomic E-state index is 5.79. The van der Waals surface area contributed by atoms with Gasteiger partial charge in [-0.3, -0.25) is 0 Å². The van der Waals surface area contributed by atoms with Crippen LogP contribution in [0.1, 0.15) is 45.1 Å². The van der Waals surface area contributed by atoms with Crippen molar-refractivity contribution in [1.82, 2.24) is 14.9 Å². The molecule has 0 saturated carbocycles. The van der Waals surface area contributed by atoms with Gasteiger partial charge in [0.05, 0.1) is 6.33 Å². The summed E-state index contributed by atoms with van der Waals surface area (Å²) in [6, 6.07) is 4.61. The van der Waals surface area contributed by atoms with Crippen LogP contribution >= 0.6 is 0 Å². The lowest BCUT2D eigenvalue weighted by Crippen LogP contribution is -2.34. The zero-order valence-corrected chi connectivity index (χ0v) is 13.6. The largest absolute Gasteiger partial charge is 0.466 e. The van der Waals surface area contributed by atoms with Crippen molar-refractivity contribution >= 4 is 0 Å². The molecule has 0 aliphatic rings. The Hall–Kier alpha value is -1.55. The number of furan rings is 1. The SMILES string of the molecule is Cc1ccc(C(C)(C)C[C@@H](C)NCCCn2ccnc2)o1. The van der Waals surface area contributed by atoms with Crippen LogP contribution < -0.4 is 5.32 Å². The maximum Gasteiger partial charge on any atom is 0.109 e. The summed E-state index contributed by atoms with van der Waals surface area (Å²) < 4.78 is 7.90. The lowest BCUT2D eigenvalue weighted by atomic mass is 9.83. The van der Waals surface area contributed by atoms with E-state index in [9.17, 15) is 0 Å². The van der Waals surface area contributed by atoms with Crippen LogP contribution in [0.2, 0.25) is 0 Å². The summed E-state index contributed by atoms with van der Waals surface area (Å²) in [5, 5.41) is 3.60. The average molecular weight is 289 g/mol. The minimum atomic E-state index is 0.0605. The molecule has 116 valence electrons. The normalized spacial score (nSPS) is 13.5. The Labute approximate surface area is 127 Å². The van der Waals surface area contributed by atoms with E-state index in [1.54, 1.807) is 0 Å². The first-order valence-corrected chi connectivity index (χ1v) is 7.73. The molecule has 0 aliphatic heterocycles. The van der Waals surface area contributed by atoms with Crippen LogP contribution in [0.5, 0.6) is 0 Å². The summed E-state index contributed by atoms with van der Waals surface area (Å²) >= 11 is 0. The molecule has 2 aromatic heterocycles. The van der Waals surface area contributed by atoms with Gasteiger partial charge in [0.15, 0.2) is 0 Å². The van der Waals surface area contributed by atoms with Gasteiger partial charge in [0.25, 0.3) is 0 Å². The molecular formula is C17H27N3O. The van der Waals surface area contributed by atoms with Gasteiger partial charge in [-0.1, -0.05) is 13.8 Å². The van der Waals surface area contributed by atoms with Gasteiger partial charge in [-0.15, -0.1) is 0 Å². The molecule has 0 aromatic carbocycles. The van der Waals surface area contributed by atoms with Gasteiger partial charge in [-0.2, -0.15) is 0 Å². The van der Waals surface area contributed by atoms with Crippen molar-refractivity contribution in [2.45, 2.75) is 58.5 Å². The van der Waals surface area contributed by atoms with E-state index in [1.807, 2.05) is 31.7 Å². The predicted octanol–water partition coefficient (Wildman–Crippen LogP) is 3.52. The molecule has 2 heterocycles. The first-order chi connectivity index (χ1) is 9.97. The summed E-state index contributed by atoms with van der Waals surface area (Å²) in [4.78, 5) is 4.05. The van der Waals surface area contributed by atoms with Gasteiger partial charge in [0, 0.05) is 30.4 Å². The molecule has 0 unspecified atom stereocenters. The van der Waals surface area contributed by atoms with Crippen molar-refractivity contribution in [3.63, 3.8) is 0 Å². The molecule has 0 bridgehead atoms. The number of hydrogen-bond donors (Lipinski definition) is 1. The summed E-state index contributed by atoms with van der Waals surface area (Å²) in [5.41, 5.74) is 0.0605. The molecule has 4 nitrogen and oxygen atoms in total. The van der Waals surface area contributed by atoms with E-state index in [0.717, 1.165) is 37.5 Å². The Balaban J connectivity index is 1.72. The van der Waals surface area contributed by atoms with Crippen LogP contribution in [0.15, 0.2) is 35.3 Å². The molecule has 0 saturated heterocycles. The minimum Gasteiger partial charge on any atom is -0.466 e. The smallest absolute Gasteiger partial charge is 0.109 e. The Kier molecular flexibility index (Phi) is 5.23. The Morgan fingerprint density at radius 2 is 2.19 bits per heavy atom. The molecule has 21 heavy (non-hydrogen) atoms. The van der Waals surface area contributed by atoms with E-state index in [4.69, 9.17) is 4.42 Å². The van der Waals surface area contributed by atoms with Crippen molar-refractivity contribution in [1.29, 1.82) is 0 Å². The highest BCUT2D eigenvalue weighted by molar-refractivity contribution is 5.15. The highest BCUT2D eigenvalue weighted by Crippen LogP contribution is 2.29. The van der Waals surface area contributed by atoms with Gasteiger partial charge in [0.2, 0.25) is 0 Å². The average Bonchev–Trinajstić information content (AvgIpc) is 3.05. The molecule has 1 N–H and O–H groups in total. The van der Waals surface area contributed by atoms with E-state index in [2.05, 4.69) is 41.7 Å². The second-order valence-electron chi connectivity index (χ2n) is 6.51. The third kappa shape index (κ3) is 4.74. The summed E-state index contributed by atoms with van der Waals surface area (Å²) in [7, 11) is 0. The highest BCUT2D eigenvalue weighted by Gasteiger charge is 2.26. The Morgan fingerprint density at radius 3 is 2.81 bits per heavy atom. The maximum absolute atomic E-state index is 5.79. The first-order valence-electron chi connectivity index (χ1n) is 7.73. The number of nitrogens with one attached hydrogen (secondary N) is 1. The fourth-order valence-corrected chi connectivity index (χ4v) is 2.77. The van der Waals surface area contributed by atoms with E-state index in [-0.39, 0.29) is 5.41 Å². The van der Waals surface area contributed by atoms with Crippen molar-refractivity contribution in [3.05, 3.63) is 42.4 Å². The topological polar surface area (TPSA) is 43.0 Å². The second kappa shape index (κ2) is 6.94. The van der Waals surface area contributed by atoms with Crippen LogP contribution in [-0.4, -0.2) is 22.1 Å². The fourth-order valence-electron chi connectivity index (χ4n) is 2.77. The van der Waals surface area contributed by atoms with E-state index in [0.29, 0.717) is 6.04 Å². The van der Waals surface area contributed by atoms with Crippen molar-refractivity contribution in [2.24, 2.45) is 0 Å². The zero-order chi connectivity index (χ0) is 15.3. The van der Waals surface area contributed by atoms with E-state index >= 15 is 0 Å². The zero-order valence-electron chi connectivity index (χ0n) is 13.6. The van der Waals surface area contributed by atoms with Crippen LogP contribution in [-0.2, 0) is 12.0 Å². The predicted molar refractivity (Wildman–Crippen MR) is 85.4 cm³/mol. The number of aromatic nitrogens is 2. The molecule has 0 aliphatic carbocycles. The summed E-state index contributed by atoms with van der Waals surface area (Å²) in [6.07, 6.45) is 7.87. The quantitative estimate of drug-likeness (QED) is 0.756. The summed E-state index contributed by atoms with van der Waals surface area (Å²) in [6.45, 7) is 10.8. The lowest BCUT2D eigenvalue weighted by molar-refractivity contribution is 0.318. The standard InChI is InChI=1S/C17H27N3O/c1-14(19-8-5-10-20-11-9-18-13-20)12-17(3,4)16-7-6-15(2)21-16/h6-7,9,11,13-14,19H,5,8,10,12H2,1-4H3/t14-/m1/s1. The molecule has 2 rings (SSSR count). The van der Waals surface area contributed by atoms with Gasteiger partial charge in [-0.05, 0) is 45.4 Å². The molecule has 4 heteroatoms. The third-order valence-corrected chi connectivity index (χ3v) is 3.87. The van der Waals surface area contributed by atoms with E-state index < -0.39 is 0 Å². The van der Waals surface area contributed by atoms with Crippen molar-refractivity contribution in [2.75, 3.05) is 6.54 Å². The molecule has 2 aromatic rings. The van der Waals surface area contributed by atoms with Gasteiger partial charge >= 0.3 is 0 Å². The van der Waals surface area contributed by atoms with Gasteiger partial charge < -0.3 is 14.3 Å². The number of imidazole rings is 1. The minimum absolute atomic E-state index is 0.0605. The molecular weight excluding hydrogens is 262 g/mol. The highest BCUT2D eigenvalue weighted by atomic mass is 16.3. The van der Waals surface area contributed by atoms with Crippen LogP contribution in [0.4, 0.5) is 0 Å². The first kappa shape index (κ1) is 15.8. The van der Waals surface area contributed by atoms with Crippen LogP contribution in [0.3, 0.4) is 0 Å².